The van der Waals surface area contributed by atoms with Crippen LogP contribution in [0.15, 0.2) is 42.7 Å². The molecule has 124 valence electrons. The van der Waals surface area contributed by atoms with Crippen molar-refractivity contribution in [3.05, 3.63) is 65.1 Å². The van der Waals surface area contributed by atoms with Gasteiger partial charge >= 0.3 is 6.18 Å². The van der Waals surface area contributed by atoms with E-state index in [0.717, 1.165) is 17.8 Å². The van der Waals surface area contributed by atoms with Crippen LogP contribution in [-0.4, -0.2) is 20.4 Å². The Morgan fingerprint density at radius 1 is 1.04 bits per heavy atom. The zero-order valence-corrected chi connectivity index (χ0v) is 12.6. The van der Waals surface area contributed by atoms with Crippen LogP contribution in [0.3, 0.4) is 0 Å². The van der Waals surface area contributed by atoms with E-state index < -0.39 is 11.7 Å². The number of hydrogen-bond donors (Lipinski definition) is 1. The largest absolute Gasteiger partial charge is 0.417 e. The highest BCUT2D eigenvalue weighted by Crippen LogP contribution is 2.29. The summed E-state index contributed by atoms with van der Waals surface area (Å²) in [4.78, 5) is 3.61. The van der Waals surface area contributed by atoms with Crippen molar-refractivity contribution in [2.75, 3.05) is 0 Å². The number of aromatic nitrogens is 4. The van der Waals surface area contributed by atoms with E-state index in [4.69, 9.17) is 5.26 Å². The van der Waals surface area contributed by atoms with E-state index in [-0.39, 0.29) is 5.69 Å². The van der Waals surface area contributed by atoms with Crippen molar-refractivity contribution < 1.29 is 13.2 Å². The average Bonchev–Trinajstić information content (AvgIpc) is 3.08. The maximum Gasteiger partial charge on any atom is 0.417 e. The van der Waals surface area contributed by atoms with Gasteiger partial charge in [0.2, 0.25) is 0 Å². The second-order valence-corrected chi connectivity index (χ2v) is 5.10. The van der Waals surface area contributed by atoms with Crippen molar-refractivity contribution in [3.63, 3.8) is 0 Å². The van der Waals surface area contributed by atoms with Crippen LogP contribution in [0.4, 0.5) is 13.2 Å². The van der Waals surface area contributed by atoms with Crippen LogP contribution in [0.1, 0.15) is 22.4 Å². The molecule has 25 heavy (non-hydrogen) atoms. The van der Waals surface area contributed by atoms with Crippen LogP contribution in [-0.2, 0) is 6.18 Å². The van der Waals surface area contributed by atoms with Crippen molar-refractivity contribution in [1.82, 2.24) is 20.4 Å². The van der Waals surface area contributed by atoms with Crippen molar-refractivity contribution in [2.45, 2.75) is 6.18 Å². The molecule has 2 heterocycles. The van der Waals surface area contributed by atoms with E-state index >= 15 is 0 Å². The highest BCUT2D eigenvalue weighted by atomic mass is 19.4. The number of halogens is 3. The molecule has 0 aliphatic rings. The van der Waals surface area contributed by atoms with Gasteiger partial charge in [-0.15, -0.1) is 5.10 Å². The number of rotatable bonds is 3. The average molecular weight is 341 g/mol. The van der Waals surface area contributed by atoms with Crippen LogP contribution in [0.2, 0.25) is 0 Å². The van der Waals surface area contributed by atoms with Gasteiger partial charge in [-0.25, -0.2) is 0 Å². The van der Waals surface area contributed by atoms with Crippen molar-refractivity contribution in [3.8, 4) is 17.3 Å². The van der Waals surface area contributed by atoms with Gasteiger partial charge in [0.15, 0.2) is 5.69 Å². The second-order valence-electron chi connectivity index (χ2n) is 5.10. The molecule has 3 rings (SSSR count). The van der Waals surface area contributed by atoms with Gasteiger partial charge in [0.25, 0.3) is 0 Å². The van der Waals surface area contributed by atoms with Gasteiger partial charge in [-0.3, -0.25) is 4.98 Å². The lowest BCUT2D eigenvalue weighted by Gasteiger charge is -2.06. The standard InChI is InChI=1S/C17H10F3N5/c18-17(19,20)14-7-12(9-22-10-14)5-4-11-2-1-3-13(6-11)16-15(8-21)23-25-24-16/h1-7,9-10H,(H,23,24,25)/b5-4+. The summed E-state index contributed by atoms with van der Waals surface area (Å²) in [6.45, 7) is 0. The van der Waals surface area contributed by atoms with Crippen molar-refractivity contribution in [1.29, 1.82) is 5.26 Å². The summed E-state index contributed by atoms with van der Waals surface area (Å²) in [5, 5.41) is 19.1. The summed E-state index contributed by atoms with van der Waals surface area (Å²) in [6, 6.07) is 10.0. The fourth-order valence-electron chi connectivity index (χ4n) is 2.20. The van der Waals surface area contributed by atoms with Crippen molar-refractivity contribution >= 4 is 12.2 Å². The zero-order chi connectivity index (χ0) is 17.9. The molecule has 2 aromatic heterocycles. The summed E-state index contributed by atoms with van der Waals surface area (Å²) in [6.07, 6.45) is 0.895. The number of aromatic amines is 1. The van der Waals surface area contributed by atoms with Gasteiger partial charge in [0.1, 0.15) is 11.8 Å². The first-order valence-corrected chi connectivity index (χ1v) is 7.09. The minimum atomic E-state index is -4.43. The number of hydrogen-bond acceptors (Lipinski definition) is 4. The lowest BCUT2D eigenvalue weighted by atomic mass is 10.1. The van der Waals surface area contributed by atoms with Gasteiger partial charge in [0.05, 0.1) is 5.56 Å². The molecule has 0 fully saturated rings. The molecular weight excluding hydrogens is 331 g/mol. The Kier molecular flexibility index (Phi) is 4.31. The lowest BCUT2D eigenvalue weighted by molar-refractivity contribution is -0.137. The molecule has 0 radical (unpaired) electrons. The molecule has 0 atom stereocenters. The van der Waals surface area contributed by atoms with Gasteiger partial charge in [-0.2, -0.15) is 28.7 Å². The topological polar surface area (TPSA) is 78.2 Å². The van der Waals surface area contributed by atoms with Crippen molar-refractivity contribution in [2.24, 2.45) is 0 Å². The van der Waals surface area contributed by atoms with E-state index in [2.05, 4.69) is 20.4 Å². The number of nitrogens with one attached hydrogen (secondary N) is 1. The Hall–Kier alpha value is -3.47. The first-order chi connectivity index (χ1) is 12.0. The number of pyridine rings is 1. The molecule has 0 saturated carbocycles. The van der Waals surface area contributed by atoms with Gasteiger partial charge in [-0.05, 0) is 23.3 Å². The van der Waals surface area contributed by atoms with Crippen LogP contribution < -0.4 is 0 Å². The Morgan fingerprint density at radius 3 is 2.60 bits per heavy atom. The molecule has 0 spiro atoms. The van der Waals surface area contributed by atoms with Gasteiger partial charge in [0, 0.05) is 18.0 Å². The molecule has 0 bridgehead atoms. The Bertz CT molecular complexity index is 967. The van der Waals surface area contributed by atoms with E-state index in [0.29, 0.717) is 16.8 Å². The molecule has 3 aromatic rings. The molecule has 0 saturated heterocycles. The third kappa shape index (κ3) is 3.72. The first-order valence-electron chi connectivity index (χ1n) is 7.09. The highest BCUT2D eigenvalue weighted by molar-refractivity contribution is 5.73. The number of H-pyrrole nitrogens is 1. The van der Waals surface area contributed by atoms with E-state index in [9.17, 15) is 13.2 Å². The second kappa shape index (κ2) is 6.57. The molecule has 1 N–H and O–H groups in total. The lowest BCUT2D eigenvalue weighted by Crippen LogP contribution is -2.05. The van der Waals surface area contributed by atoms with Crippen LogP contribution >= 0.6 is 0 Å². The fraction of sp³-hybridized carbons (Fsp3) is 0.0588. The van der Waals surface area contributed by atoms with E-state index in [1.807, 2.05) is 6.07 Å². The molecule has 8 heteroatoms. The molecule has 0 aliphatic carbocycles. The highest BCUT2D eigenvalue weighted by Gasteiger charge is 2.30. The number of nitriles is 1. The molecular formula is C17H10F3N5. The predicted molar refractivity (Wildman–Crippen MR) is 84.7 cm³/mol. The summed E-state index contributed by atoms with van der Waals surface area (Å²) < 4.78 is 38.1. The van der Waals surface area contributed by atoms with Gasteiger partial charge in [-0.1, -0.05) is 30.4 Å². The molecule has 1 aromatic carbocycles. The summed E-state index contributed by atoms with van der Waals surface area (Å²) in [5.74, 6) is 0. The van der Waals surface area contributed by atoms with E-state index in [1.54, 1.807) is 30.3 Å². The van der Waals surface area contributed by atoms with Crippen LogP contribution in [0.25, 0.3) is 23.4 Å². The maximum absolute atomic E-state index is 12.7. The molecule has 5 nitrogen and oxygen atoms in total. The number of nitrogens with zero attached hydrogens (tertiary/aromatic N) is 4. The molecule has 0 aliphatic heterocycles. The number of alkyl halides is 3. The normalized spacial score (nSPS) is 11.6. The summed E-state index contributed by atoms with van der Waals surface area (Å²) >= 11 is 0. The Balaban J connectivity index is 1.88. The molecule has 0 unspecified atom stereocenters. The SMILES string of the molecule is N#Cc1n[nH]nc1-c1cccc(/C=C/c2cncc(C(F)(F)F)c2)c1. The van der Waals surface area contributed by atoms with E-state index in [1.165, 1.54) is 12.3 Å². The smallest absolute Gasteiger partial charge is 0.263 e. The first kappa shape index (κ1) is 16.4. The Morgan fingerprint density at radius 2 is 1.84 bits per heavy atom. The minimum Gasteiger partial charge on any atom is -0.263 e. The van der Waals surface area contributed by atoms with Crippen LogP contribution in [0, 0.1) is 11.3 Å². The fourth-order valence-corrected chi connectivity index (χ4v) is 2.20. The van der Waals surface area contributed by atoms with Gasteiger partial charge < -0.3 is 0 Å². The monoisotopic (exact) mass is 341 g/mol. The Labute approximate surface area is 140 Å². The minimum absolute atomic E-state index is 0.170. The number of benzene rings is 1. The third-order valence-corrected chi connectivity index (χ3v) is 3.37. The summed E-state index contributed by atoms with van der Waals surface area (Å²) in [7, 11) is 0. The zero-order valence-electron chi connectivity index (χ0n) is 12.6. The summed E-state index contributed by atoms with van der Waals surface area (Å²) in [5.41, 5.74) is 1.53. The third-order valence-electron chi connectivity index (χ3n) is 3.37. The van der Waals surface area contributed by atoms with Crippen LogP contribution in [0.5, 0.6) is 0 Å². The molecule has 0 amide bonds. The predicted octanol–water partition coefficient (Wildman–Crippen LogP) is 3.93. The quantitative estimate of drug-likeness (QED) is 0.783. The maximum atomic E-state index is 12.7.